The lowest BCUT2D eigenvalue weighted by Crippen LogP contribution is -1.92. The van der Waals surface area contributed by atoms with Gasteiger partial charge in [0.2, 0.25) is 0 Å². The van der Waals surface area contributed by atoms with Crippen LogP contribution in [0.3, 0.4) is 0 Å². The fraction of sp³-hybridized carbons (Fsp3) is 0.200. The number of aromatic nitrogens is 2. The first kappa shape index (κ1) is 13.4. The lowest BCUT2D eigenvalue weighted by molar-refractivity contribution is 0.411. The molecule has 2 aromatic heterocycles. The van der Waals surface area contributed by atoms with Crippen molar-refractivity contribution in [2.45, 2.75) is 17.7 Å². The number of nitrogens with zero attached hydrogens (tertiary/aromatic N) is 2. The Hall–Kier alpha value is -1.59. The molecule has 0 saturated heterocycles. The molecule has 1 aromatic carbocycles. The van der Waals surface area contributed by atoms with Crippen molar-refractivity contribution in [1.29, 1.82) is 0 Å². The molecule has 3 aromatic rings. The Kier molecular flexibility index (Phi) is 3.89. The quantitative estimate of drug-likeness (QED) is 0.531. The van der Waals surface area contributed by atoms with E-state index >= 15 is 0 Å². The second-order valence-corrected chi connectivity index (χ2v) is 6.30. The highest BCUT2D eigenvalue weighted by atomic mass is 32.2. The molecular formula is C15H14N2OS2. The maximum Gasteiger partial charge on any atom is 0.122 e. The Labute approximate surface area is 126 Å². The van der Waals surface area contributed by atoms with Gasteiger partial charge in [-0.25, -0.2) is 9.97 Å². The third kappa shape index (κ3) is 2.64. The SMILES string of the molecule is COc1ccc(C)cc1CSc1ncnc2ccsc12. The van der Waals surface area contributed by atoms with Gasteiger partial charge in [0.1, 0.15) is 17.1 Å². The standard InChI is InChI=1S/C15H14N2OS2/c1-10-3-4-13(18-2)11(7-10)8-20-15-14-12(5-6-19-14)16-9-17-15/h3-7,9H,8H2,1-2H3. The van der Waals surface area contributed by atoms with Gasteiger partial charge < -0.3 is 4.74 Å². The molecule has 0 spiro atoms. The molecule has 0 atom stereocenters. The number of benzene rings is 1. The van der Waals surface area contributed by atoms with Crippen LogP contribution in [0.5, 0.6) is 5.75 Å². The second-order valence-electron chi connectivity index (χ2n) is 4.42. The highest BCUT2D eigenvalue weighted by molar-refractivity contribution is 7.98. The zero-order chi connectivity index (χ0) is 13.9. The molecule has 20 heavy (non-hydrogen) atoms. The molecule has 0 aliphatic rings. The van der Waals surface area contributed by atoms with Gasteiger partial charge in [-0.05, 0) is 24.4 Å². The number of hydrogen-bond acceptors (Lipinski definition) is 5. The van der Waals surface area contributed by atoms with E-state index in [0.29, 0.717) is 0 Å². The molecule has 2 heterocycles. The molecule has 0 amide bonds. The summed E-state index contributed by atoms with van der Waals surface area (Å²) in [7, 11) is 1.71. The van der Waals surface area contributed by atoms with Gasteiger partial charge >= 0.3 is 0 Å². The van der Waals surface area contributed by atoms with Crippen molar-refractivity contribution in [1.82, 2.24) is 9.97 Å². The Bertz CT molecular complexity index is 740. The molecule has 3 nitrogen and oxygen atoms in total. The minimum absolute atomic E-state index is 0.842. The van der Waals surface area contributed by atoms with E-state index < -0.39 is 0 Å². The summed E-state index contributed by atoms with van der Waals surface area (Å²) in [4.78, 5) is 8.66. The van der Waals surface area contributed by atoms with Crippen molar-refractivity contribution >= 4 is 33.3 Å². The van der Waals surface area contributed by atoms with E-state index in [1.807, 2.05) is 12.1 Å². The predicted octanol–water partition coefficient (Wildman–Crippen LogP) is 4.30. The molecule has 0 aliphatic carbocycles. The van der Waals surface area contributed by atoms with Crippen LogP contribution in [0.1, 0.15) is 11.1 Å². The molecule has 3 rings (SSSR count). The molecule has 0 aliphatic heterocycles. The van der Waals surface area contributed by atoms with Crippen LogP contribution in [-0.2, 0) is 5.75 Å². The van der Waals surface area contributed by atoms with Gasteiger partial charge in [0, 0.05) is 11.3 Å². The Morgan fingerprint density at radius 2 is 2.15 bits per heavy atom. The number of methoxy groups -OCH3 is 1. The van der Waals surface area contributed by atoms with Crippen LogP contribution in [0.25, 0.3) is 10.2 Å². The predicted molar refractivity (Wildman–Crippen MR) is 84.7 cm³/mol. The molecule has 5 heteroatoms. The summed E-state index contributed by atoms with van der Waals surface area (Å²) in [6, 6.07) is 8.28. The van der Waals surface area contributed by atoms with Crippen molar-refractivity contribution in [2.24, 2.45) is 0 Å². The third-order valence-electron chi connectivity index (χ3n) is 3.01. The van der Waals surface area contributed by atoms with Crippen LogP contribution >= 0.6 is 23.1 Å². The second kappa shape index (κ2) is 5.81. The van der Waals surface area contributed by atoms with Crippen molar-refractivity contribution in [3.8, 4) is 5.75 Å². The fourth-order valence-corrected chi connectivity index (χ4v) is 3.96. The molecule has 0 N–H and O–H groups in total. The molecule has 0 unspecified atom stereocenters. The first-order valence-corrected chi connectivity index (χ1v) is 8.09. The lowest BCUT2D eigenvalue weighted by atomic mass is 10.1. The molecule has 0 radical (unpaired) electrons. The summed E-state index contributed by atoms with van der Waals surface area (Å²) in [6.45, 7) is 2.09. The van der Waals surface area contributed by atoms with Gasteiger partial charge in [0.15, 0.2) is 0 Å². The van der Waals surface area contributed by atoms with Gasteiger partial charge in [0.05, 0.1) is 17.3 Å². The molecule has 0 bridgehead atoms. The normalized spacial score (nSPS) is 10.9. The highest BCUT2D eigenvalue weighted by Crippen LogP contribution is 2.33. The fourth-order valence-electron chi connectivity index (χ4n) is 2.04. The van der Waals surface area contributed by atoms with Crippen LogP contribution in [0, 0.1) is 6.92 Å². The summed E-state index contributed by atoms with van der Waals surface area (Å²) >= 11 is 3.41. The van der Waals surface area contributed by atoms with E-state index in [1.54, 1.807) is 36.5 Å². The van der Waals surface area contributed by atoms with Crippen LogP contribution in [-0.4, -0.2) is 17.1 Å². The maximum absolute atomic E-state index is 5.42. The zero-order valence-electron chi connectivity index (χ0n) is 11.3. The minimum Gasteiger partial charge on any atom is -0.496 e. The van der Waals surface area contributed by atoms with Crippen LogP contribution in [0.2, 0.25) is 0 Å². The summed E-state index contributed by atoms with van der Waals surface area (Å²) in [5.41, 5.74) is 3.45. The van der Waals surface area contributed by atoms with E-state index in [0.717, 1.165) is 26.7 Å². The minimum atomic E-state index is 0.842. The molecular weight excluding hydrogens is 288 g/mol. The number of ether oxygens (including phenoxy) is 1. The van der Waals surface area contributed by atoms with Gasteiger partial charge in [-0.15, -0.1) is 11.3 Å². The average Bonchev–Trinajstić information content (AvgIpc) is 2.94. The summed E-state index contributed by atoms with van der Waals surface area (Å²) in [5, 5.41) is 3.09. The number of fused-ring (bicyclic) bond motifs is 1. The van der Waals surface area contributed by atoms with Gasteiger partial charge in [-0.2, -0.15) is 0 Å². The summed E-state index contributed by atoms with van der Waals surface area (Å²) in [6.07, 6.45) is 1.63. The van der Waals surface area contributed by atoms with E-state index in [2.05, 4.69) is 34.4 Å². The summed E-state index contributed by atoms with van der Waals surface area (Å²) in [5.74, 6) is 1.77. The summed E-state index contributed by atoms with van der Waals surface area (Å²) < 4.78 is 6.57. The number of rotatable bonds is 4. The Morgan fingerprint density at radius 3 is 3.00 bits per heavy atom. The maximum atomic E-state index is 5.42. The Balaban J connectivity index is 1.86. The largest absolute Gasteiger partial charge is 0.496 e. The van der Waals surface area contributed by atoms with Crippen molar-refractivity contribution in [2.75, 3.05) is 7.11 Å². The van der Waals surface area contributed by atoms with Gasteiger partial charge in [-0.1, -0.05) is 29.5 Å². The van der Waals surface area contributed by atoms with E-state index in [1.165, 1.54) is 11.1 Å². The molecule has 0 saturated carbocycles. The first-order valence-electron chi connectivity index (χ1n) is 6.22. The van der Waals surface area contributed by atoms with E-state index in [9.17, 15) is 0 Å². The van der Waals surface area contributed by atoms with Crippen LogP contribution in [0.15, 0.2) is 41.0 Å². The van der Waals surface area contributed by atoms with Crippen molar-refractivity contribution in [3.63, 3.8) is 0 Å². The topological polar surface area (TPSA) is 35.0 Å². The zero-order valence-corrected chi connectivity index (χ0v) is 12.9. The first-order chi connectivity index (χ1) is 9.78. The van der Waals surface area contributed by atoms with Crippen molar-refractivity contribution in [3.05, 3.63) is 47.1 Å². The van der Waals surface area contributed by atoms with Crippen LogP contribution in [0.4, 0.5) is 0 Å². The van der Waals surface area contributed by atoms with Gasteiger partial charge in [-0.3, -0.25) is 0 Å². The van der Waals surface area contributed by atoms with E-state index in [4.69, 9.17) is 4.74 Å². The average molecular weight is 302 g/mol. The highest BCUT2D eigenvalue weighted by Gasteiger charge is 2.08. The lowest BCUT2D eigenvalue weighted by Gasteiger charge is -2.09. The third-order valence-corrected chi connectivity index (χ3v) is 5.09. The van der Waals surface area contributed by atoms with Crippen LogP contribution < -0.4 is 4.74 Å². The van der Waals surface area contributed by atoms with Gasteiger partial charge in [0.25, 0.3) is 0 Å². The molecule has 102 valence electrons. The Morgan fingerprint density at radius 1 is 1.25 bits per heavy atom. The number of thioether (sulfide) groups is 1. The molecule has 0 fully saturated rings. The van der Waals surface area contributed by atoms with Crippen molar-refractivity contribution < 1.29 is 4.74 Å². The number of aryl methyl sites for hydroxylation is 1. The van der Waals surface area contributed by atoms with E-state index in [-0.39, 0.29) is 0 Å². The monoisotopic (exact) mass is 302 g/mol. The number of thiophene rings is 1. The smallest absolute Gasteiger partial charge is 0.122 e. The number of hydrogen-bond donors (Lipinski definition) is 0.